The van der Waals surface area contributed by atoms with Crippen LogP contribution in [-0.2, 0) is 26.1 Å². The van der Waals surface area contributed by atoms with Gasteiger partial charge in [0.25, 0.3) is 0 Å². The number of thiazole rings is 1. The molecule has 0 bridgehead atoms. The normalized spacial score (nSPS) is 19.2. The van der Waals surface area contributed by atoms with Gasteiger partial charge in [-0.1, -0.05) is 0 Å². The molecule has 0 aliphatic carbocycles. The topological polar surface area (TPSA) is 91.8 Å². The number of aromatic nitrogens is 1. The minimum atomic E-state index is -3.95. The van der Waals surface area contributed by atoms with Gasteiger partial charge < -0.3 is 10.1 Å². The number of nitrogens with zero attached hydrogens (tertiary/aromatic N) is 3. The number of benzene rings is 1. The van der Waals surface area contributed by atoms with E-state index in [-0.39, 0.29) is 29.8 Å². The number of carbonyl (C=O) groups is 1. The van der Waals surface area contributed by atoms with Gasteiger partial charge in [-0.15, -0.1) is 11.3 Å². The van der Waals surface area contributed by atoms with E-state index in [1.54, 1.807) is 0 Å². The molecule has 2 saturated heterocycles. The van der Waals surface area contributed by atoms with Gasteiger partial charge >= 0.3 is 0 Å². The number of hydrogen-bond donors (Lipinski definition) is 1. The number of halogens is 2. The molecular formula is C20H24F2N4O4S2. The van der Waals surface area contributed by atoms with Crippen LogP contribution in [0.5, 0.6) is 0 Å². The summed E-state index contributed by atoms with van der Waals surface area (Å²) in [6.07, 6.45) is 0.668. The number of piperidine rings is 1. The first-order valence-corrected chi connectivity index (χ1v) is 12.7. The average Bonchev–Trinajstić information content (AvgIpc) is 3.23. The van der Waals surface area contributed by atoms with Crippen LogP contribution >= 0.6 is 11.3 Å². The molecule has 1 aromatic carbocycles. The number of nitrogens with one attached hydrogen (secondary N) is 1. The lowest BCUT2D eigenvalue weighted by molar-refractivity contribution is -0.120. The van der Waals surface area contributed by atoms with Crippen molar-refractivity contribution in [1.82, 2.24) is 14.2 Å². The summed E-state index contributed by atoms with van der Waals surface area (Å²) < 4.78 is 58.5. The van der Waals surface area contributed by atoms with Gasteiger partial charge in [0.15, 0.2) is 16.8 Å². The quantitative estimate of drug-likeness (QED) is 0.674. The number of anilines is 1. The third-order valence-electron chi connectivity index (χ3n) is 5.62. The van der Waals surface area contributed by atoms with E-state index in [2.05, 4.69) is 15.2 Å². The molecule has 2 aliphatic heterocycles. The fourth-order valence-corrected chi connectivity index (χ4v) is 5.96. The molecule has 1 amide bonds. The fraction of sp³-hybridized carbons (Fsp3) is 0.500. The highest BCUT2D eigenvalue weighted by Crippen LogP contribution is 2.26. The predicted molar refractivity (Wildman–Crippen MR) is 115 cm³/mol. The van der Waals surface area contributed by atoms with Crippen LogP contribution in [0.2, 0.25) is 0 Å². The Hall–Kier alpha value is -1.99. The summed E-state index contributed by atoms with van der Waals surface area (Å²) in [6.45, 7) is 4.07. The molecule has 32 heavy (non-hydrogen) atoms. The molecule has 1 aromatic heterocycles. The molecular weight excluding hydrogens is 462 g/mol. The molecule has 4 rings (SSSR count). The van der Waals surface area contributed by atoms with Crippen LogP contribution in [0.15, 0.2) is 28.5 Å². The molecule has 0 saturated carbocycles. The molecule has 1 N–H and O–H groups in total. The lowest BCUT2D eigenvalue weighted by atomic mass is 9.97. The van der Waals surface area contributed by atoms with Crippen LogP contribution in [0.1, 0.15) is 18.5 Å². The predicted octanol–water partition coefficient (Wildman–Crippen LogP) is 2.29. The minimum Gasteiger partial charge on any atom is -0.379 e. The van der Waals surface area contributed by atoms with Crippen LogP contribution in [0.3, 0.4) is 0 Å². The van der Waals surface area contributed by atoms with E-state index < -0.39 is 21.7 Å². The molecule has 0 unspecified atom stereocenters. The van der Waals surface area contributed by atoms with Gasteiger partial charge in [-0.05, 0) is 31.0 Å². The number of carbonyl (C=O) groups excluding carboxylic acids is 1. The SMILES string of the molecule is O=C(Nc1nc(CN2CCOCC2)cs1)C1CCN(S(=O)(=O)c2ccc(F)c(F)c2)CC1. The summed E-state index contributed by atoms with van der Waals surface area (Å²) in [5.74, 6) is -2.86. The fourth-order valence-electron chi connectivity index (χ4n) is 3.78. The van der Waals surface area contributed by atoms with Gasteiger partial charge in [0, 0.05) is 44.0 Å². The van der Waals surface area contributed by atoms with Crippen molar-refractivity contribution in [1.29, 1.82) is 0 Å². The second-order valence-corrected chi connectivity index (χ2v) is 10.6. The van der Waals surface area contributed by atoms with Crippen molar-refractivity contribution in [2.45, 2.75) is 24.3 Å². The van der Waals surface area contributed by atoms with E-state index in [9.17, 15) is 22.0 Å². The number of ether oxygens (including phenoxy) is 1. The summed E-state index contributed by atoms with van der Waals surface area (Å²) in [6, 6.07) is 2.52. The van der Waals surface area contributed by atoms with Crippen molar-refractivity contribution in [3.8, 4) is 0 Å². The molecule has 0 atom stereocenters. The molecule has 174 valence electrons. The summed E-state index contributed by atoms with van der Waals surface area (Å²) in [7, 11) is -3.95. The second kappa shape index (κ2) is 9.87. The molecule has 2 aliphatic rings. The zero-order valence-electron chi connectivity index (χ0n) is 17.3. The molecule has 12 heteroatoms. The third-order valence-corrected chi connectivity index (χ3v) is 8.33. The number of hydrogen-bond acceptors (Lipinski definition) is 7. The zero-order chi connectivity index (χ0) is 22.7. The van der Waals surface area contributed by atoms with Crippen molar-refractivity contribution >= 4 is 32.4 Å². The maximum atomic E-state index is 13.5. The van der Waals surface area contributed by atoms with Crippen LogP contribution in [0.4, 0.5) is 13.9 Å². The van der Waals surface area contributed by atoms with E-state index in [0.29, 0.717) is 43.8 Å². The van der Waals surface area contributed by atoms with Crippen LogP contribution in [0, 0.1) is 17.6 Å². The summed E-state index contributed by atoms with van der Waals surface area (Å²) in [4.78, 5) is 19.1. The molecule has 8 nitrogen and oxygen atoms in total. The summed E-state index contributed by atoms with van der Waals surface area (Å²) in [5, 5.41) is 5.28. The Morgan fingerprint density at radius 2 is 1.88 bits per heavy atom. The van der Waals surface area contributed by atoms with Crippen molar-refractivity contribution in [2.75, 3.05) is 44.7 Å². The first-order valence-electron chi connectivity index (χ1n) is 10.3. The molecule has 3 heterocycles. The highest BCUT2D eigenvalue weighted by molar-refractivity contribution is 7.89. The lowest BCUT2D eigenvalue weighted by Gasteiger charge is -2.30. The molecule has 2 aromatic rings. The highest BCUT2D eigenvalue weighted by Gasteiger charge is 2.32. The van der Waals surface area contributed by atoms with Crippen molar-refractivity contribution in [2.24, 2.45) is 5.92 Å². The number of sulfonamides is 1. The van der Waals surface area contributed by atoms with Gasteiger partial charge in [0.1, 0.15) is 0 Å². The van der Waals surface area contributed by atoms with Gasteiger partial charge in [-0.3, -0.25) is 9.69 Å². The van der Waals surface area contributed by atoms with Gasteiger partial charge in [-0.25, -0.2) is 22.2 Å². The summed E-state index contributed by atoms with van der Waals surface area (Å²) in [5.41, 5.74) is 0.889. The smallest absolute Gasteiger partial charge is 0.243 e. The maximum absolute atomic E-state index is 13.5. The number of morpholine rings is 1. The van der Waals surface area contributed by atoms with E-state index in [0.717, 1.165) is 30.9 Å². The van der Waals surface area contributed by atoms with Crippen molar-refractivity contribution in [3.05, 3.63) is 40.9 Å². The number of rotatable bonds is 6. The van der Waals surface area contributed by atoms with Crippen LogP contribution < -0.4 is 5.32 Å². The van der Waals surface area contributed by atoms with Gasteiger partial charge in [-0.2, -0.15) is 4.31 Å². The number of amides is 1. The van der Waals surface area contributed by atoms with E-state index in [1.807, 2.05) is 5.38 Å². The molecule has 2 fully saturated rings. The maximum Gasteiger partial charge on any atom is 0.243 e. The standard InChI is InChI=1S/C20H24F2N4O4S2/c21-17-2-1-16(11-18(17)22)32(28,29)26-5-3-14(4-6-26)19(27)24-20-23-15(13-31-20)12-25-7-9-30-10-8-25/h1-2,11,13-14H,3-10,12H2,(H,23,24,27). The van der Waals surface area contributed by atoms with E-state index >= 15 is 0 Å². The van der Waals surface area contributed by atoms with Crippen LogP contribution in [0.25, 0.3) is 0 Å². The average molecular weight is 487 g/mol. The monoisotopic (exact) mass is 486 g/mol. The Balaban J connectivity index is 1.30. The Morgan fingerprint density at radius 3 is 2.56 bits per heavy atom. The Bertz CT molecular complexity index is 1070. The van der Waals surface area contributed by atoms with Gasteiger partial charge in [0.05, 0.1) is 23.8 Å². The molecule has 0 spiro atoms. The minimum absolute atomic E-state index is 0.125. The third kappa shape index (κ3) is 5.31. The largest absolute Gasteiger partial charge is 0.379 e. The van der Waals surface area contributed by atoms with Crippen molar-refractivity contribution < 1.29 is 26.7 Å². The Kier molecular flexibility index (Phi) is 7.15. The Morgan fingerprint density at radius 1 is 1.16 bits per heavy atom. The van der Waals surface area contributed by atoms with Crippen LogP contribution in [-0.4, -0.2) is 67.9 Å². The van der Waals surface area contributed by atoms with E-state index in [1.165, 1.54) is 15.6 Å². The van der Waals surface area contributed by atoms with Gasteiger partial charge in [0.2, 0.25) is 15.9 Å². The molecule has 0 radical (unpaired) electrons. The first kappa shape index (κ1) is 23.2. The highest BCUT2D eigenvalue weighted by atomic mass is 32.2. The first-order chi connectivity index (χ1) is 15.3. The summed E-state index contributed by atoms with van der Waals surface area (Å²) >= 11 is 1.36. The zero-order valence-corrected chi connectivity index (χ0v) is 18.9. The lowest BCUT2D eigenvalue weighted by Crippen LogP contribution is -2.41. The second-order valence-electron chi connectivity index (χ2n) is 7.78. The Labute approximate surface area is 189 Å². The van der Waals surface area contributed by atoms with E-state index in [4.69, 9.17) is 4.74 Å². The van der Waals surface area contributed by atoms with Crippen molar-refractivity contribution in [3.63, 3.8) is 0 Å².